The lowest BCUT2D eigenvalue weighted by Crippen LogP contribution is -2.12. The van der Waals surface area contributed by atoms with Crippen LogP contribution in [-0.2, 0) is 0 Å². The van der Waals surface area contributed by atoms with Crippen molar-refractivity contribution < 1.29 is 9.90 Å². The fraction of sp³-hybridized carbons (Fsp3) is 0.312. The molecule has 0 bridgehead atoms. The van der Waals surface area contributed by atoms with Gasteiger partial charge in [-0.15, -0.1) is 0 Å². The highest BCUT2D eigenvalue weighted by Gasteiger charge is 2.23. The predicted molar refractivity (Wildman–Crippen MR) is 81.5 cm³/mol. The van der Waals surface area contributed by atoms with Gasteiger partial charge in [0, 0.05) is 5.92 Å². The van der Waals surface area contributed by atoms with Gasteiger partial charge in [0.25, 0.3) is 5.56 Å². The van der Waals surface area contributed by atoms with E-state index in [1.807, 2.05) is 4.40 Å². The highest BCUT2D eigenvalue weighted by molar-refractivity contribution is 5.92. The van der Waals surface area contributed by atoms with Crippen molar-refractivity contribution in [2.75, 3.05) is 0 Å². The minimum atomic E-state index is -0.983. The lowest BCUT2D eigenvalue weighted by atomic mass is 10.1. The maximum absolute atomic E-state index is 12.2. The van der Waals surface area contributed by atoms with Crippen LogP contribution in [0.15, 0.2) is 29.2 Å². The zero-order valence-electron chi connectivity index (χ0n) is 11.9. The zero-order chi connectivity index (χ0) is 15.3. The number of aromatic carboxylic acids is 1. The van der Waals surface area contributed by atoms with Crippen LogP contribution >= 0.6 is 0 Å². The van der Waals surface area contributed by atoms with Crippen molar-refractivity contribution in [2.45, 2.75) is 31.6 Å². The molecule has 0 saturated heterocycles. The maximum atomic E-state index is 12.2. The average Bonchev–Trinajstić information content (AvgIpc) is 3.16. The van der Waals surface area contributed by atoms with Gasteiger partial charge in [-0.3, -0.25) is 9.20 Å². The number of carbonyl (C=O) groups is 1. The Balaban J connectivity index is 2.10. The molecule has 6 heteroatoms. The summed E-state index contributed by atoms with van der Waals surface area (Å²) in [5.41, 5.74) is 1.78. The van der Waals surface area contributed by atoms with Gasteiger partial charge in [-0.2, -0.15) is 0 Å². The van der Waals surface area contributed by atoms with E-state index in [2.05, 4.69) is 9.97 Å². The fourth-order valence-electron chi connectivity index (χ4n) is 3.39. The Labute approximate surface area is 125 Å². The van der Waals surface area contributed by atoms with Gasteiger partial charge < -0.3 is 10.1 Å². The van der Waals surface area contributed by atoms with Crippen molar-refractivity contribution in [2.24, 2.45) is 0 Å². The quantitative estimate of drug-likeness (QED) is 0.761. The van der Waals surface area contributed by atoms with Crippen LogP contribution in [0.25, 0.3) is 16.6 Å². The van der Waals surface area contributed by atoms with Crippen molar-refractivity contribution in [3.8, 4) is 0 Å². The molecule has 1 aliphatic rings. The number of benzene rings is 1. The van der Waals surface area contributed by atoms with Gasteiger partial charge in [0.05, 0.1) is 22.8 Å². The number of aromatic nitrogens is 3. The standard InChI is InChI=1S/C16H15N3O3/c20-15-13-8-17-14(9-3-1-2-4-9)19(13)12-7-10(16(21)22)5-6-11(12)18-15/h5-9H,1-4H2,(H,18,20)(H,21,22). The summed E-state index contributed by atoms with van der Waals surface area (Å²) in [6.07, 6.45) is 6.04. The second kappa shape index (κ2) is 4.69. The van der Waals surface area contributed by atoms with Crippen LogP contribution in [0.5, 0.6) is 0 Å². The SMILES string of the molecule is O=C(O)c1ccc2[nH]c(=O)c3cnc(C4CCCC4)n3c2c1. The first kappa shape index (κ1) is 13.1. The van der Waals surface area contributed by atoms with E-state index in [0.717, 1.165) is 18.7 Å². The van der Waals surface area contributed by atoms with Crippen LogP contribution in [0.3, 0.4) is 0 Å². The lowest BCUT2D eigenvalue weighted by molar-refractivity contribution is 0.0697. The Kier molecular flexibility index (Phi) is 2.79. The van der Waals surface area contributed by atoms with Crippen molar-refractivity contribution in [1.29, 1.82) is 0 Å². The molecule has 2 aromatic heterocycles. The van der Waals surface area contributed by atoms with Gasteiger partial charge in [-0.05, 0) is 31.0 Å². The summed E-state index contributed by atoms with van der Waals surface area (Å²) in [6, 6.07) is 4.73. The number of fused-ring (bicyclic) bond motifs is 3. The number of hydrogen-bond donors (Lipinski definition) is 2. The molecule has 0 aliphatic heterocycles. The number of carboxylic acid groups (broad SMARTS) is 1. The van der Waals surface area contributed by atoms with Crippen LogP contribution in [0, 0.1) is 0 Å². The second-order valence-corrected chi connectivity index (χ2v) is 5.81. The molecule has 22 heavy (non-hydrogen) atoms. The number of rotatable bonds is 2. The smallest absolute Gasteiger partial charge is 0.335 e. The third-order valence-electron chi connectivity index (χ3n) is 4.48. The maximum Gasteiger partial charge on any atom is 0.335 e. The number of imidazole rings is 1. The molecule has 0 atom stereocenters. The zero-order valence-corrected chi connectivity index (χ0v) is 11.9. The van der Waals surface area contributed by atoms with E-state index in [1.165, 1.54) is 18.9 Å². The van der Waals surface area contributed by atoms with Crippen molar-refractivity contribution in [3.63, 3.8) is 0 Å². The summed E-state index contributed by atoms with van der Waals surface area (Å²) in [7, 11) is 0. The van der Waals surface area contributed by atoms with Crippen LogP contribution < -0.4 is 5.56 Å². The molecular formula is C16H15N3O3. The third-order valence-corrected chi connectivity index (χ3v) is 4.48. The van der Waals surface area contributed by atoms with E-state index in [4.69, 9.17) is 0 Å². The largest absolute Gasteiger partial charge is 0.478 e. The number of nitrogens with zero attached hydrogens (tertiary/aromatic N) is 2. The molecule has 0 unspecified atom stereocenters. The number of aromatic amines is 1. The number of hydrogen-bond acceptors (Lipinski definition) is 3. The van der Waals surface area contributed by atoms with E-state index in [-0.39, 0.29) is 11.1 Å². The Morgan fingerprint density at radius 2 is 2.05 bits per heavy atom. The topological polar surface area (TPSA) is 87.5 Å². The summed E-state index contributed by atoms with van der Waals surface area (Å²) in [5.74, 6) is 0.218. The van der Waals surface area contributed by atoms with Crippen LogP contribution in [-0.4, -0.2) is 25.4 Å². The Hall–Kier alpha value is -2.63. The number of H-pyrrole nitrogens is 1. The molecule has 1 saturated carbocycles. The Bertz CT molecular complexity index is 948. The summed E-state index contributed by atoms with van der Waals surface area (Å²) >= 11 is 0. The van der Waals surface area contributed by atoms with Gasteiger partial charge in [0.2, 0.25) is 0 Å². The fourth-order valence-corrected chi connectivity index (χ4v) is 3.39. The van der Waals surface area contributed by atoms with Crippen LogP contribution in [0.2, 0.25) is 0 Å². The Morgan fingerprint density at radius 1 is 1.27 bits per heavy atom. The lowest BCUT2D eigenvalue weighted by Gasteiger charge is -2.11. The van der Waals surface area contributed by atoms with E-state index in [1.54, 1.807) is 18.3 Å². The summed E-state index contributed by atoms with van der Waals surface area (Å²) in [6.45, 7) is 0. The Morgan fingerprint density at radius 3 is 2.77 bits per heavy atom. The van der Waals surface area contributed by atoms with Crippen LogP contribution in [0.1, 0.15) is 47.8 Å². The summed E-state index contributed by atoms with van der Waals surface area (Å²) < 4.78 is 1.83. The second-order valence-electron chi connectivity index (χ2n) is 5.81. The molecule has 0 radical (unpaired) electrons. The van der Waals surface area contributed by atoms with Gasteiger partial charge in [0.15, 0.2) is 0 Å². The molecule has 0 amide bonds. The highest BCUT2D eigenvalue weighted by Crippen LogP contribution is 2.34. The first-order valence-corrected chi connectivity index (χ1v) is 7.42. The van der Waals surface area contributed by atoms with Crippen molar-refractivity contribution >= 4 is 22.5 Å². The monoisotopic (exact) mass is 297 g/mol. The van der Waals surface area contributed by atoms with Crippen LogP contribution in [0.4, 0.5) is 0 Å². The first-order valence-electron chi connectivity index (χ1n) is 7.42. The number of carboxylic acids is 1. The van der Waals surface area contributed by atoms with E-state index in [9.17, 15) is 14.7 Å². The van der Waals surface area contributed by atoms with Gasteiger partial charge in [-0.1, -0.05) is 12.8 Å². The van der Waals surface area contributed by atoms with E-state index in [0.29, 0.717) is 22.5 Å². The first-order chi connectivity index (χ1) is 10.6. The molecule has 1 aromatic carbocycles. The summed E-state index contributed by atoms with van der Waals surface area (Å²) in [4.78, 5) is 30.7. The number of nitrogens with one attached hydrogen (secondary N) is 1. The van der Waals surface area contributed by atoms with E-state index < -0.39 is 5.97 Å². The minimum absolute atomic E-state index is 0.201. The molecule has 2 heterocycles. The molecule has 1 aliphatic carbocycles. The van der Waals surface area contributed by atoms with Gasteiger partial charge >= 0.3 is 5.97 Å². The molecule has 112 valence electrons. The molecular weight excluding hydrogens is 282 g/mol. The van der Waals surface area contributed by atoms with Gasteiger partial charge in [0.1, 0.15) is 11.3 Å². The van der Waals surface area contributed by atoms with Crippen molar-refractivity contribution in [3.05, 3.63) is 46.1 Å². The highest BCUT2D eigenvalue weighted by atomic mass is 16.4. The predicted octanol–water partition coefficient (Wildman–Crippen LogP) is 2.53. The molecule has 0 spiro atoms. The molecule has 2 N–H and O–H groups in total. The van der Waals surface area contributed by atoms with Gasteiger partial charge in [-0.25, -0.2) is 9.78 Å². The minimum Gasteiger partial charge on any atom is -0.478 e. The van der Waals surface area contributed by atoms with E-state index >= 15 is 0 Å². The molecule has 6 nitrogen and oxygen atoms in total. The third kappa shape index (κ3) is 1.83. The molecule has 1 fully saturated rings. The molecule has 4 rings (SSSR count). The summed E-state index contributed by atoms with van der Waals surface area (Å²) in [5, 5.41) is 9.21. The normalized spacial score (nSPS) is 15.8. The average molecular weight is 297 g/mol. The molecule has 3 aromatic rings. The van der Waals surface area contributed by atoms with Crippen molar-refractivity contribution in [1.82, 2.24) is 14.4 Å².